The van der Waals surface area contributed by atoms with Crippen LogP contribution in [0.4, 0.5) is 0 Å². The summed E-state index contributed by atoms with van der Waals surface area (Å²) in [7, 11) is 0.318. The maximum atomic E-state index is 2.49. The first-order valence-corrected chi connectivity index (χ1v) is 12.6. The zero-order chi connectivity index (χ0) is 16.5. The van der Waals surface area contributed by atoms with Crippen LogP contribution in [0.3, 0.4) is 0 Å². The van der Waals surface area contributed by atoms with Gasteiger partial charge in [0.25, 0.3) is 0 Å². The van der Waals surface area contributed by atoms with Crippen molar-refractivity contribution in [3.8, 4) is 0 Å². The zero-order valence-electron chi connectivity index (χ0n) is 15.6. The number of rotatable bonds is 2. The molecule has 3 rings (SSSR count). The number of hydrogen-bond donors (Lipinski definition) is 0. The van der Waals surface area contributed by atoms with E-state index in [0.29, 0.717) is 0 Å². The van der Waals surface area contributed by atoms with Gasteiger partial charge in [-0.05, 0) is 59.9 Å². The van der Waals surface area contributed by atoms with Crippen LogP contribution in [-0.4, -0.2) is 23.6 Å². The quantitative estimate of drug-likeness (QED) is 0.554. The normalized spacial score (nSPS) is 30.1. The van der Waals surface area contributed by atoms with Gasteiger partial charge in [-0.1, -0.05) is 81.7 Å². The van der Waals surface area contributed by atoms with E-state index in [4.69, 9.17) is 0 Å². The van der Waals surface area contributed by atoms with E-state index < -0.39 is 0 Å². The lowest BCUT2D eigenvalue weighted by molar-refractivity contribution is 0.836. The van der Waals surface area contributed by atoms with Gasteiger partial charge in [0.05, 0.1) is 0 Å². The molecule has 4 unspecified atom stereocenters. The Kier molecular flexibility index (Phi) is 9.86. The van der Waals surface area contributed by atoms with Crippen LogP contribution in [0.15, 0.2) is 24.3 Å². The molecule has 22 heavy (non-hydrogen) atoms. The van der Waals surface area contributed by atoms with Crippen LogP contribution in [0.2, 0.25) is 0 Å². The Hall–Kier alpha value is 0.0800. The fraction of sp³-hybridized carbons (Fsp3) is 0.700. The highest BCUT2D eigenvalue weighted by Crippen LogP contribution is 2.53. The van der Waals surface area contributed by atoms with Crippen molar-refractivity contribution in [2.24, 2.45) is 0 Å². The van der Waals surface area contributed by atoms with Gasteiger partial charge in [0.15, 0.2) is 0 Å². The summed E-state index contributed by atoms with van der Waals surface area (Å²) in [4.78, 5) is 0. The standard InChI is InChI=1S/C16H24P2.2C2H6/c1-13-7-5-11-17(13)15-9-3-4-10-16(15)18-12-6-8-14(18)2;2*1-2/h3-4,9-10,13-14H,5-8,11-12H2,1-2H3;2*1-2H3. The second kappa shape index (κ2) is 10.8. The van der Waals surface area contributed by atoms with Crippen molar-refractivity contribution < 1.29 is 0 Å². The van der Waals surface area contributed by atoms with Crippen molar-refractivity contribution in [3.63, 3.8) is 0 Å². The Bertz CT molecular complexity index is 377. The van der Waals surface area contributed by atoms with Crippen molar-refractivity contribution in [2.75, 3.05) is 12.3 Å². The van der Waals surface area contributed by atoms with E-state index in [1.54, 1.807) is 10.6 Å². The molecule has 0 N–H and O–H groups in total. The Morgan fingerprint density at radius 2 is 1.09 bits per heavy atom. The van der Waals surface area contributed by atoms with Gasteiger partial charge in [0, 0.05) is 0 Å². The highest BCUT2D eigenvalue weighted by Gasteiger charge is 2.31. The fourth-order valence-corrected chi connectivity index (χ4v) is 9.94. The van der Waals surface area contributed by atoms with Gasteiger partial charge in [-0.25, -0.2) is 0 Å². The average Bonchev–Trinajstić information content (AvgIpc) is 3.19. The van der Waals surface area contributed by atoms with Crippen LogP contribution >= 0.6 is 15.8 Å². The first-order valence-electron chi connectivity index (χ1n) is 9.39. The van der Waals surface area contributed by atoms with Crippen LogP contribution in [0, 0.1) is 0 Å². The van der Waals surface area contributed by atoms with E-state index in [-0.39, 0.29) is 15.8 Å². The lowest BCUT2D eigenvalue weighted by Crippen LogP contribution is -2.25. The molecule has 0 saturated carbocycles. The lowest BCUT2D eigenvalue weighted by atomic mass is 10.3. The minimum absolute atomic E-state index is 0.159. The smallest absolute Gasteiger partial charge is 0.0161 e. The van der Waals surface area contributed by atoms with E-state index in [1.165, 1.54) is 38.0 Å². The molecule has 2 heterocycles. The summed E-state index contributed by atoms with van der Waals surface area (Å²) in [6.45, 7) is 13.0. The number of benzene rings is 1. The van der Waals surface area contributed by atoms with Gasteiger partial charge in [0.1, 0.15) is 0 Å². The van der Waals surface area contributed by atoms with Crippen molar-refractivity contribution >= 4 is 26.5 Å². The second-order valence-corrected chi connectivity index (χ2v) is 11.4. The molecule has 0 bridgehead atoms. The van der Waals surface area contributed by atoms with Crippen LogP contribution < -0.4 is 10.6 Å². The monoisotopic (exact) mass is 338 g/mol. The molecule has 2 aliphatic heterocycles. The molecule has 0 amide bonds. The van der Waals surface area contributed by atoms with E-state index >= 15 is 0 Å². The molecular weight excluding hydrogens is 302 g/mol. The summed E-state index contributed by atoms with van der Waals surface area (Å²) in [6.07, 6.45) is 8.85. The summed E-state index contributed by atoms with van der Waals surface area (Å²) < 4.78 is 0. The summed E-state index contributed by atoms with van der Waals surface area (Å²) in [6, 6.07) is 9.50. The largest absolute Gasteiger partial charge is 0.0717 e. The summed E-state index contributed by atoms with van der Waals surface area (Å²) in [5.74, 6) is 0. The second-order valence-electron chi connectivity index (χ2n) is 5.86. The Balaban J connectivity index is 0.000000561. The van der Waals surface area contributed by atoms with Crippen LogP contribution in [-0.2, 0) is 0 Å². The van der Waals surface area contributed by atoms with Crippen LogP contribution in [0.25, 0.3) is 0 Å². The number of hydrogen-bond acceptors (Lipinski definition) is 0. The Morgan fingerprint density at radius 3 is 1.36 bits per heavy atom. The third-order valence-electron chi connectivity index (χ3n) is 4.61. The predicted octanol–water partition coefficient (Wildman–Crippen LogP) is 6.32. The Morgan fingerprint density at radius 1 is 0.727 bits per heavy atom. The molecule has 2 fully saturated rings. The van der Waals surface area contributed by atoms with Gasteiger partial charge in [-0.15, -0.1) is 0 Å². The molecule has 0 radical (unpaired) electrons. The molecule has 2 aliphatic rings. The van der Waals surface area contributed by atoms with Crippen molar-refractivity contribution in [1.82, 2.24) is 0 Å². The minimum atomic E-state index is 0.159. The van der Waals surface area contributed by atoms with Gasteiger partial charge in [-0.2, -0.15) is 0 Å². The van der Waals surface area contributed by atoms with Crippen molar-refractivity contribution in [1.29, 1.82) is 0 Å². The minimum Gasteiger partial charge on any atom is -0.0717 e. The molecule has 2 heteroatoms. The van der Waals surface area contributed by atoms with Crippen LogP contribution in [0.5, 0.6) is 0 Å². The molecular formula is C20H36P2. The maximum absolute atomic E-state index is 2.49. The Labute approximate surface area is 142 Å². The molecule has 2 saturated heterocycles. The molecule has 1 aromatic rings. The molecule has 0 aromatic heterocycles. The maximum Gasteiger partial charge on any atom is -0.0161 e. The molecule has 1 aromatic carbocycles. The van der Waals surface area contributed by atoms with Gasteiger partial charge >= 0.3 is 0 Å². The highest BCUT2D eigenvalue weighted by molar-refractivity contribution is 7.72. The fourth-order valence-electron chi connectivity index (χ4n) is 3.53. The van der Waals surface area contributed by atoms with Gasteiger partial charge in [0.2, 0.25) is 0 Å². The summed E-state index contributed by atoms with van der Waals surface area (Å²) >= 11 is 0. The topological polar surface area (TPSA) is 0 Å². The molecule has 0 spiro atoms. The van der Waals surface area contributed by atoms with Crippen LogP contribution in [0.1, 0.15) is 67.2 Å². The third kappa shape index (κ3) is 4.79. The zero-order valence-corrected chi connectivity index (χ0v) is 17.4. The molecule has 0 aliphatic carbocycles. The average molecular weight is 338 g/mol. The lowest BCUT2D eigenvalue weighted by Gasteiger charge is -2.25. The van der Waals surface area contributed by atoms with Crippen molar-refractivity contribution in [2.45, 2.75) is 78.5 Å². The van der Waals surface area contributed by atoms with E-state index in [1.807, 2.05) is 27.7 Å². The third-order valence-corrected chi connectivity index (χ3v) is 11.0. The molecule has 126 valence electrons. The first-order chi connectivity index (χ1) is 10.8. The first kappa shape index (κ1) is 20.1. The summed E-state index contributed by atoms with van der Waals surface area (Å²) in [5, 5.41) is 3.58. The van der Waals surface area contributed by atoms with Gasteiger partial charge < -0.3 is 0 Å². The van der Waals surface area contributed by atoms with E-state index in [2.05, 4.69) is 38.1 Å². The summed E-state index contributed by atoms with van der Waals surface area (Å²) in [5.41, 5.74) is 1.93. The SMILES string of the molecule is CC.CC.CC1CCCP1c1ccccc1P1CCCC1C. The van der Waals surface area contributed by atoms with Gasteiger partial charge in [-0.3, -0.25) is 0 Å². The predicted molar refractivity (Wildman–Crippen MR) is 109 cm³/mol. The van der Waals surface area contributed by atoms with E-state index in [0.717, 1.165) is 11.3 Å². The molecule has 4 atom stereocenters. The van der Waals surface area contributed by atoms with E-state index in [9.17, 15) is 0 Å². The van der Waals surface area contributed by atoms with Crippen molar-refractivity contribution in [3.05, 3.63) is 24.3 Å². The highest BCUT2D eigenvalue weighted by atomic mass is 31.1. The molecule has 0 nitrogen and oxygen atoms in total.